The number of H-pyrrole nitrogens is 1. The summed E-state index contributed by atoms with van der Waals surface area (Å²) >= 11 is 5.34. The number of aryl methyl sites for hydroxylation is 2. The normalized spacial score (nSPS) is 10.6. The van der Waals surface area contributed by atoms with E-state index in [-0.39, 0.29) is 0 Å². The maximum atomic E-state index is 5.34. The van der Waals surface area contributed by atoms with Gasteiger partial charge >= 0.3 is 0 Å². The van der Waals surface area contributed by atoms with Gasteiger partial charge in [0.05, 0.1) is 0 Å². The van der Waals surface area contributed by atoms with Crippen LogP contribution in [0.5, 0.6) is 0 Å². The highest BCUT2D eigenvalue weighted by Gasteiger charge is 2.05. The third-order valence-electron chi connectivity index (χ3n) is 3.22. The van der Waals surface area contributed by atoms with E-state index < -0.39 is 0 Å². The Balaban J connectivity index is 2.47. The molecular weight excluding hydrogens is 240 g/mol. The van der Waals surface area contributed by atoms with Crippen LogP contribution in [0.4, 0.5) is 0 Å². The van der Waals surface area contributed by atoms with Crippen molar-refractivity contribution < 1.29 is 0 Å². The molecule has 0 saturated carbocycles. The van der Waals surface area contributed by atoms with Crippen LogP contribution in [0.1, 0.15) is 30.7 Å². The number of aromatic nitrogens is 2. The Morgan fingerprint density at radius 1 is 1.11 bits per heavy atom. The molecule has 1 aromatic heterocycles. The maximum Gasteiger partial charge on any atom is 0.139 e. The number of nitrogens with one attached hydrogen (secondary N) is 1. The third-order valence-corrected chi connectivity index (χ3v) is 3.56. The summed E-state index contributed by atoms with van der Waals surface area (Å²) in [5, 5.41) is 0. The number of nitrogens with zero attached hydrogens (tertiary/aromatic N) is 1. The third kappa shape index (κ3) is 2.51. The molecule has 1 N–H and O–H groups in total. The molecule has 0 aliphatic heterocycles. The average molecular weight is 258 g/mol. The van der Waals surface area contributed by atoms with E-state index in [4.69, 9.17) is 12.2 Å². The molecule has 0 aliphatic rings. The molecule has 2 rings (SSSR count). The van der Waals surface area contributed by atoms with Crippen molar-refractivity contribution in [2.45, 2.75) is 33.6 Å². The largest absolute Gasteiger partial charge is 0.343 e. The first-order chi connectivity index (χ1) is 8.65. The van der Waals surface area contributed by atoms with Crippen molar-refractivity contribution in [2.24, 2.45) is 0 Å². The Hall–Kier alpha value is -1.48. The van der Waals surface area contributed by atoms with Gasteiger partial charge in [-0.2, -0.15) is 0 Å². The number of hydrogen-bond acceptors (Lipinski definition) is 2. The first-order valence-corrected chi connectivity index (χ1v) is 6.75. The molecule has 1 heterocycles. The number of benzene rings is 1. The van der Waals surface area contributed by atoms with E-state index >= 15 is 0 Å². The van der Waals surface area contributed by atoms with Crippen molar-refractivity contribution in [1.82, 2.24) is 9.97 Å². The summed E-state index contributed by atoms with van der Waals surface area (Å²) < 4.78 is 0.711. The second-order valence-electron chi connectivity index (χ2n) is 4.40. The highest BCUT2D eigenvalue weighted by Crippen LogP contribution is 2.18. The number of rotatable bonds is 3. The van der Waals surface area contributed by atoms with E-state index in [1.54, 1.807) is 0 Å². The first kappa shape index (κ1) is 13.0. The van der Waals surface area contributed by atoms with Gasteiger partial charge in [-0.05, 0) is 25.3 Å². The van der Waals surface area contributed by atoms with Crippen molar-refractivity contribution in [3.63, 3.8) is 0 Å². The fourth-order valence-corrected chi connectivity index (χ4v) is 2.45. The van der Waals surface area contributed by atoms with Crippen LogP contribution >= 0.6 is 12.2 Å². The molecule has 0 saturated heterocycles. The monoisotopic (exact) mass is 258 g/mol. The molecule has 0 amide bonds. The zero-order valence-electron chi connectivity index (χ0n) is 11.1. The van der Waals surface area contributed by atoms with Crippen LogP contribution in [0.25, 0.3) is 11.4 Å². The highest BCUT2D eigenvalue weighted by molar-refractivity contribution is 7.71. The van der Waals surface area contributed by atoms with Gasteiger partial charge < -0.3 is 4.98 Å². The zero-order chi connectivity index (χ0) is 13.1. The summed E-state index contributed by atoms with van der Waals surface area (Å²) in [4.78, 5) is 7.83. The van der Waals surface area contributed by atoms with Crippen LogP contribution in [-0.2, 0) is 12.8 Å². The van der Waals surface area contributed by atoms with Gasteiger partial charge in [-0.15, -0.1) is 0 Å². The molecule has 18 heavy (non-hydrogen) atoms. The van der Waals surface area contributed by atoms with Gasteiger partial charge in [0.15, 0.2) is 0 Å². The SMILES string of the molecule is CCc1ccc(-c2nc(=S)c(CC)c(C)[nH]2)cc1. The van der Waals surface area contributed by atoms with Crippen molar-refractivity contribution in [2.75, 3.05) is 0 Å². The van der Waals surface area contributed by atoms with E-state index in [0.29, 0.717) is 4.64 Å². The van der Waals surface area contributed by atoms with Gasteiger partial charge in [-0.3, -0.25) is 0 Å². The van der Waals surface area contributed by atoms with Gasteiger partial charge in [0, 0.05) is 16.8 Å². The molecule has 3 heteroatoms. The molecule has 0 spiro atoms. The molecule has 94 valence electrons. The van der Waals surface area contributed by atoms with E-state index in [1.807, 2.05) is 0 Å². The second-order valence-corrected chi connectivity index (χ2v) is 4.78. The molecule has 2 nitrogen and oxygen atoms in total. The van der Waals surface area contributed by atoms with Crippen LogP contribution in [0.3, 0.4) is 0 Å². The molecule has 0 atom stereocenters. The number of hydrogen-bond donors (Lipinski definition) is 1. The predicted molar refractivity (Wildman–Crippen MR) is 78.4 cm³/mol. The number of aromatic amines is 1. The van der Waals surface area contributed by atoms with Gasteiger partial charge in [0.1, 0.15) is 10.5 Å². The molecule has 2 aromatic rings. The lowest BCUT2D eigenvalue weighted by Gasteiger charge is -2.08. The Morgan fingerprint density at radius 3 is 2.28 bits per heavy atom. The molecule has 0 aliphatic carbocycles. The van der Waals surface area contributed by atoms with Crippen LogP contribution < -0.4 is 0 Å². The molecule has 0 radical (unpaired) electrons. The Labute approximate surface area is 113 Å². The maximum absolute atomic E-state index is 5.34. The van der Waals surface area contributed by atoms with Gasteiger partial charge in [0.2, 0.25) is 0 Å². The Morgan fingerprint density at radius 2 is 1.78 bits per heavy atom. The predicted octanol–water partition coefficient (Wildman–Crippen LogP) is 4.24. The van der Waals surface area contributed by atoms with E-state index in [9.17, 15) is 0 Å². The second kappa shape index (κ2) is 5.44. The topological polar surface area (TPSA) is 28.7 Å². The van der Waals surface area contributed by atoms with E-state index in [2.05, 4.69) is 55.0 Å². The van der Waals surface area contributed by atoms with Gasteiger partial charge in [-0.25, -0.2) is 4.98 Å². The van der Waals surface area contributed by atoms with E-state index in [0.717, 1.165) is 35.5 Å². The quantitative estimate of drug-likeness (QED) is 0.834. The molecule has 0 bridgehead atoms. The van der Waals surface area contributed by atoms with Crippen LogP contribution in [0.2, 0.25) is 0 Å². The minimum Gasteiger partial charge on any atom is -0.343 e. The highest BCUT2D eigenvalue weighted by atomic mass is 32.1. The fourth-order valence-electron chi connectivity index (χ4n) is 2.06. The van der Waals surface area contributed by atoms with Crippen LogP contribution in [0.15, 0.2) is 24.3 Å². The summed E-state index contributed by atoms with van der Waals surface area (Å²) in [7, 11) is 0. The summed E-state index contributed by atoms with van der Waals surface area (Å²) in [5.41, 5.74) is 4.68. The van der Waals surface area contributed by atoms with Crippen LogP contribution in [-0.4, -0.2) is 9.97 Å². The molecule has 0 unspecified atom stereocenters. The van der Waals surface area contributed by atoms with Gasteiger partial charge in [-0.1, -0.05) is 50.3 Å². The van der Waals surface area contributed by atoms with Crippen molar-refractivity contribution >= 4 is 12.2 Å². The lowest BCUT2D eigenvalue weighted by molar-refractivity contribution is 0.989. The molecular formula is C15H18N2S. The minimum atomic E-state index is 0.711. The standard InChI is InChI=1S/C15H18N2S/c1-4-11-6-8-12(9-7-11)14-16-10(3)13(5-2)15(18)17-14/h6-9H,4-5H2,1-3H3,(H,16,17,18). The summed E-state index contributed by atoms with van der Waals surface area (Å²) in [6.45, 7) is 6.31. The zero-order valence-corrected chi connectivity index (χ0v) is 11.9. The van der Waals surface area contributed by atoms with Crippen molar-refractivity contribution in [3.8, 4) is 11.4 Å². The van der Waals surface area contributed by atoms with E-state index in [1.165, 1.54) is 5.56 Å². The average Bonchev–Trinajstić information content (AvgIpc) is 2.38. The summed E-state index contributed by atoms with van der Waals surface area (Å²) in [6.07, 6.45) is 1.97. The lowest BCUT2D eigenvalue weighted by atomic mass is 10.1. The summed E-state index contributed by atoms with van der Waals surface area (Å²) in [6, 6.07) is 8.46. The molecule has 0 fully saturated rings. The fraction of sp³-hybridized carbons (Fsp3) is 0.333. The Kier molecular flexibility index (Phi) is 3.92. The first-order valence-electron chi connectivity index (χ1n) is 6.34. The summed E-state index contributed by atoms with van der Waals surface area (Å²) in [5.74, 6) is 0.859. The smallest absolute Gasteiger partial charge is 0.139 e. The van der Waals surface area contributed by atoms with Crippen LogP contribution in [0, 0.1) is 11.6 Å². The van der Waals surface area contributed by atoms with Crippen molar-refractivity contribution in [3.05, 3.63) is 45.7 Å². The molecule has 1 aromatic carbocycles. The Bertz CT molecular complexity index is 597. The lowest BCUT2D eigenvalue weighted by Crippen LogP contribution is -1.99. The minimum absolute atomic E-state index is 0.711. The van der Waals surface area contributed by atoms with Crippen molar-refractivity contribution in [1.29, 1.82) is 0 Å². The van der Waals surface area contributed by atoms with Gasteiger partial charge in [0.25, 0.3) is 0 Å².